The van der Waals surface area contributed by atoms with Crippen molar-refractivity contribution in [2.75, 3.05) is 19.8 Å². The number of phenols is 3. The molecule has 1 atom stereocenters. The molecule has 1 aliphatic rings. The van der Waals surface area contributed by atoms with Gasteiger partial charge in [-0.05, 0) is 0 Å². The van der Waals surface area contributed by atoms with E-state index in [1.165, 1.54) is 12.1 Å². The van der Waals surface area contributed by atoms with E-state index in [2.05, 4.69) is 5.32 Å². The van der Waals surface area contributed by atoms with Crippen molar-refractivity contribution in [3.8, 4) is 17.2 Å². The fourth-order valence-electron chi connectivity index (χ4n) is 1.72. The Bertz CT molecular complexity index is 337. The molecule has 1 saturated heterocycles. The number of nitrogens with one attached hydrogen (secondary N) is 1. The van der Waals surface area contributed by atoms with Crippen LogP contribution in [0.4, 0.5) is 0 Å². The summed E-state index contributed by atoms with van der Waals surface area (Å²) in [5.41, 5.74) is 0.368. The summed E-state index contributed by atoms with van der Waals surface area (Å²) in [7, 11) is 0. The highest BCUT2D eigenvalue weighted by Crippen LogP contribution is 2.36. The summed E-state index contributed by atoms with van der Waals surface area (Å²) >= 11 is 0. The van der Waals surface area contributed by atoms with Crippen LogP contribution in [0.5, 0.6) is 17.2 Å². The predicted octanol–water partition coefficient (Wildman–Crippen LogP) is 0.464. The molecule has 0 aromatic heterocycles. The van der Waals surface area contributed by atoms with E-state index >= 15 is 0 Å². The van der Waals surface area contributed by atoms with Crippen molar-refractivity contribution >= 4 is 0 Å². The first kappa shape index (κ1) is 10.1. The van der Waals surface area contributed by atoms with Gasteiger partial charge in [0.1, 0.15) is 17.2 Å². The Morgan fingerprint density at radius 3 is 2.40 bits per heavy atom. The molecule has 0 aliphatic carbocycles. The maximum absolute atomic E-state index is 9.61. The zero-order valence-corrected chi connectivity index (χ0v) is 8.10. The van der Waals surface area contributed by atoms with Crippen LogP contribution >= 0.6 is 0 Å². The lowest BCUT2D eigenvalue weighted by Gasteiger charge is -2.25. The van der Waals surface area contributed by atoms with Crippen molar-refractivity contribution < 1.29 is 20.1 Å². The minimum absolute atomic E-state index is 0.129. The lowest BCUT2D eigenvalue weighted by Crippen LogP contribution is -2.34. The average Bonchev–Trinajstić information content (AvgIpc) is 2.17. The molecular weight excluding hydrogens is 198 g/mol. The first-order chi connectivity index (χ1) is 7.18. The third-order valence-corrected chi connectivity index (χ3v) is 2.39. The molecule has 0 spiro atoms. The molecule has 0 bridgehead atoms. The second kappa shape index (κ2) is 3.96. The van der Waals surface area contributed by atoms with Gasteiger partial charge in [0, 0.05) is 18.7 Å². The number of morpholine rings is 1. The van der Waals surface area contributed by atoms with Gasteiger partial charge in [0.25, 0.3) is 0 Å². The monoisotopic (exact) mass is 211 g/mol. The topological polar surface area (TPSA) is 82.0 Å². The molecular formula is C10H13NO4. The third-order valence-electron chi connectivity index (χ3n) is 2.39. The van der Waals surface area contributed by atoms with Crippen molar-refractivity contribution in [3.05, 3.63) is 17.7 Å². The van der Waals surface area contributed by atoms with E-state index in [1.807, 2.05) is 0 Å². The van der Waals surface area contributed by atoms with Crippen LogP contribution in [0.25, 0.3) is 0 Å². The van der Waals surface area contributed by atoms with Gasteiger partial charge < -0.3 is 25.4 Å². The van der Waals surface area contributed by atoms with Crippen LogP contribution in [0, 0.1) is 0 Å². The SMILES string of the molecule is Oc1cc(O)c([C@H]2COCCN2)c(O)c1. The molecule has 0 radical (unpaired) electrons. The minimum Gasteiger partial charge on any atom is -0.508 e. The summed E-state index contributed by atoms with van der Waals surface area (Å²) in [6, 6.07) is 2.16. The molecule has 0 amide bonds. The molecule has 5 nitrogen and oxygen atoms in total. The standard InChI is InChI=1S/C10H13NO4/c12-6-3-8(13)10(9(14)4-6)7-5-15-2-1-11-7/h3-4,7,11-14H,1-2,5H2/t7-/m1/s1. The molecule has 1 aromatic carbocycles. The van der Waals surface area contributed by atoms with Crippen LogP contribution in [-0.2, 0) is 4.74 Å². The molecule has 5 heteroatoms. The zero-order chi connectivity index (χ0) is 10.8. The van der Waals surface area contributed by atoms with Crippen LogP contribution in [-0.4, -0.2) is 35.1 Å². The second-order valence-corrected chi connectivity index (χ2v) is 3.48. The van der Waals surface area contributed by atoms with Gasteiger partial charge in [-0.15, -0.1) is 0 Å². The smallest absolute Gasteiger partial charge is 0.127 e. The normalized spacial score (nSPS) is 21.5. The fourth-order valence-corrected chi connectivity index (χ4v) is 1.72. The molecule has 82 valence electrons. The highest BCUT2D eigenvalue weighted by atomic mass is 16.5. The van der Waals surface area contributed by atoms with Gasteiger partial charge in [-0.25, -0.2) is 0 Å². The van der Waals surface area contributed by atoms with E-state index < -0.39 is 0 Å². The zero-order valence-electron chi connectivity index (χ0n) is 8.10. The summed E-state index contributed by atoms with van der Waals surface area (Å²) in [6.45, 7) is 1.69. The van der Waals surface area contributed by atoms with E-state index in [0.717, 1.165) is 0 Å². The number of benzene rings is 1. The van der Waals surface area contributed by atoms with Gasteiger partial charge in [-0.3, -0.25) is 0 Å². The summed E-state index contributed by atoms with van der Waals surface area (Å²) in [5, 5.41) is 31.5. The summed E-state index contributed by atoms with van der Waals surface area (Å²) in [4.78, 5) is 0. The van der Waals surface area contributed by atoms with Crippen molar-refractivity contribution in [2.24, 2.45) is 0 Å². The first-order valence-electron chi connectivity index (χ1n) is 4.74. The van der Waals surface area contributed by atoms with E-state index in [1.54, 1.807) is 0 Å². The summed E-state index contributed by atoms with van der Waals surface area (Å²) in [6.07, 6.45) is 0. The van der Waals surface area contributed by atoms with Crippen molar-refractivity contribution in [1.29, 1.82) is 0 Å². The van der Waals surface area contributed by atoms with Crippen molar-refractivity contribution in [2.45, 2.75) is 6.04 Å². The maximum Gasteiger partial charge on any atom is 0.127 e. The molecule has 15 heavy (non-hydrogen) atoms. The number of rotatable bonds is 1. The Hall–Kier alpha value is -1.46. The Morgan fingerprint density at radius 2 is 1.87 bits per heavy atom. The average molecular weight is 211 g/mol. The number of ether oxygens (including phenoxy) is 1. The Balaban J connectivity index is 2.33. The predicted molar refractivity (Wildman–Crippen MR) is 53.0 cm³/mol. The number of aromatic hydroxyl groups is 3. The van der Waals surface area contributed by atoms with Crippen LogP contribution in [0.15, 0.2) is 12.1 Å². The van der Waals surface area contributed by atoms with Crippen LogP contribution < -0.4 is 5.32 Å². The van der Waals surface area contributed by atoms with Gasteiger partial charge >= 0.3 is 0 Å². The molecule has 1 aromatic rings. The molecule has 1 fully saturated rings. The molecule has 1 heterocycles. The largest absolute Gasteiger partial charge is 0.508 e. The highest BCUT2D eigenvalue weighted by Gasteiger charge is 2.22. The van der Waals surface area contributed by atoms with Crippen LogP contribution in [0.1, 0.15) is 11.6 Å². The lowest BCUT2D eigenvalue weighted by molar-refractivity contribution is 0.0752. The lowest BCUT2D eigenvalue weighted by atomic mass is 10.0. The van der Waals surface area contributed by atoms with Gasteiger partial charge in [0.15, 0.2) is 0 Å². The Morgan fingerprint density at radius 1 is 1.20 bits per heavy atom. The fraction of sp³-hybridized carbons (Fsp3) is 0.400. The van der Waals surface area contributed by atoms with E-state index in [-0.39, 0.29) is 23.3 Å². The Kier molecular flexibility index (Phi) is 2.66. The third kappa shape index (κ3) is 1.98. The molecule has 4 N–H and O–H groups in total. The molecule has 1 aliphatic heterocycles. The first-order valence-corrected chi connectivity index (χ1v) is 4.74. The molecule has 2 rings (SSSR count). The quantitative estimate of drug-likeness (QED) is 0.542. The second-order valence-electron chi connectivity index (χ2n) is 3.48. The van der Waals surface area contributed by atoms with Crippen molar-refractivity contribution in [3.63, 3.8) is 0 Å². The van der Waals surface area contributed by atoms with Gasteiger partial charge in [0.05, 0.1) is 24.8 Å². The molecule has 0 unspecified atom stereocenters. The van der Waals surface area contributed by atoms with E-state index in [4.69, 9.17) is 9.84 Å². The molecule has 0 saturated carbocycles. The number of phenolic OH excluding ortho intramolecular Hbond substituents is 3. The van der Waals surface area contributed by atoms with Gasteiger partial charge in [-0.1, -0.05) is 0 Å². The van der Waals surface area contributed by atoms with E-state index in [0.29, 0.717) is 25.3 Å². The number of hydrogen-bond donors (Lipinski definition) is 4. The Labute approximate surface area is 86.9 Å². The maximum atomic E-state index is 9.61. The van der Waals surface area contributed by atoms with Gasteiger partial charge in [0.2, 0.25) is 0 Å². The minimum atomic E-state index is -0.237. The van der Waals surface area contributed by atoms with Gasteiger partial charge in [-0.2, -0.15) is 0 Å². The van der Waals surface area contributed by atoms with Crippen molar-refractivity contribution in [1.82, 2.24) is 5.32 Å². The number of hydrogen-bond acceptors (Lipinski definition) is 5. The van der Waals surface area contributed by atoms with Crippen LogP contribution in [0.3, 0.4) is 0 Å². The van der Waals surface area contributed by atoms with E-state index in [9.17, 15) is 10.2 Å². The van der Waals surface area contributed by atoms with Crippen LogP contribution in [0.2, 0.25) is 0 Å². The summed E-state index contributed by atoms with van der Waals surface area (Å²) < 4.78 is 5.23. The summed E-state index contributed by atoms with van der Waals surface area (Å²) in [5.74, 6) is -0.420. The highest BCUT2D eigenvalue weighted by molar-refractivity contribution is 5.50.